The number of hydrogen-bond acceptors (Lipinski definition) is 16. The van der Waals surface area contributed by atoms with Crippen LogP contribution in [0.3, 0.4) is 0 Å². The first-order valence-corrected chi connectivity index (χ1v) is 41.3. The van der Waals surface area contributed by atoms with E-state index in [2.05, 4.69) is 165 Å². The van der Waals surface area contributed by atoms with Crippen molar-refractivity contribution >= 4 is 0 Å². The predicted octanol–water partition coefficient (Wildman–Crippen LogP) is 24.7. The second-order valence-corrected chi connectivity index (χ2v) is 28.8. The van der Waals surface area contributed by atoms with Gasteiger partial charge in [-0.15, -0.1) is 287 Å². The zero-order chi connectivity index (χ0) is 88.7. The van der Waals surface area contributed by atoms with Gasteiger partial charge in [-0.3, -0.25) is 4.98 Å². The fourth-order valence-electron chi connectivity index (χ4n) is 12.2. The summed E-state index contributed by atoms with van der Waals surface area (Å²) in [6.45, 7) is 15.7. The Morgan fingerprint density at radius 3 is 0.689 bits per heavy atom. The predicted molar refractivity (Wildman–Crippen MR) is 510 cm³/mol. The Kier molecular flexibility index (Phi) is 41.9. The van der Waals surface area contributed by atoms with Crippen LogP contribution < -0.4 is 0 Å². The van der Waals surface area contributed by atoms with Crippen molar-refractivity contribution in [3.8, 4) is 135 Å². The molecule has 0 saturated carbocycles. The fourth-order valence-corrected chi connectivity index (χ4v) is 12.2. The molecule has 660 valence electrons. The molecule has 0 bridgehead atoms. The molecule has 12 heterocycles. The Balaban J connectivity index is 0.000000170. The van der Waals surface area contributed by atoms with Crippen molar-refractivity contribution in [2.75, 3.05) is 0 Å². The van der Waals surface area contributed by atoms with E-state index in [9.17, 15) is 0 Å². The molecule has 20 rings (SSSR count). The van der Waals surface area contributed by atoms with Crippen molar-refractivity contribution in [2.24, 2.45) is 0 Å². The first-order chi connectivity index (χ1) is 62.7. The molecule has 16 nitrogen and oxygen atoms in total. The molecule has 4 radical (unpaired) electrons. The number of benzene rings is 8. The molecule has 0 unspecified atom stereocenters. The quantitative estimate of drug-likeness (QED) is 0.104. The molecule has 0 amide bonds. The van der Waals surface area contributed by atoms with E-state index in [1.54, 1.807) is 18.6 Å². The molecular weight excluding hydrogens is 2340 g/mol. The van der Waals surface area contributed by atoms with Gasteiger partial charge in [0.15, 0.2) is 5.82 Å². The third kappa shape index (κ3) is 32.2. The van der Waals surface area contributed by atoms with Gasteiger partial charge in [-0.25, -0.2) is 34.9 Å². The van der Waals surface area contributed by atoms with Gasteiger partial charge in [0, 0.05) is 177 Å². The summed E-state index contributed by atoms with van der Waals surface area (Å²) in [4.78, 5) is 68.8. The number of rotatable bonds is 12. The van der Waals surface area contributed by atoms with Crippen LogP contribution in [-0.4, -0.2) is 79.7 Å². The molecule has 0 aliphatic rings. The molecule has 0 saturated heterocycles. The van der Waals surface area contributed by atoms with Crippen LogP contribution in [0.5, 0.6) is 0 Å². The average Bonchev–Trinajstić information content (AvgIpc) is 0.838. The molecule has 0 aliphatic heterocycles. The van der Waals surface area contributed by atoms with E-state index in [1.165, 1.54) is 28.6 Å². The van der Waals surface area contributed by atoms with E-state index in [0.717, 1.165) is 141 Å². The minimum atomic E-state index is 0. The van der Waals surface area contributed by atoms with Crippen molar-refractivity contribution in [2.45, 2.75) is 55.4 Å². The number of aromatic nitrogens is 16. The Bertz CT molecular complexity index is 6240. The second-order valence-electron chi connectivity index (χ2n) is 28.8. The van der Waals surface area contributed by atoms with Gasteiger partial charge in [0.05, 0.1) is 11.4 Å². The van der Waals surface area contributed by atoms with Gasteiger partial charge in [0.25, 0.3) is 0 Å². The zero-order valence-corrected chi connectivity index (χ0v) is 83.0. The van der Waals surface area contributed by atoms with Gasteiger partial charge in [0.1, 0.15) is 23.8 Å². The molecule has 20 heteroatoms. The topological polar surface area (TPSA) is 206 Å². The first-order valence-electron chi connectivity index (χ1n) is 41.3. The van der Waals surface area contributed by atoms with E-state index in [0.29, 0.717) is 17.5 Å². The van der Waals surface area contributed by atoms with Gasteiger partial charge in [-0.1, -0.05) is 103 Å². The smallest absolute Gasteiger partial charge is 0.164 e. The third-order valence-electron chi connectivity index (χ3n) is 18.9. The van der Waals surface area contributed by atoms with Gasteiger partial charge >= 0.3 is 0 Å². The van der Waals surface area contributed by atoms with Gasteiger partial charge < -0.3 is 39.9 Å². The second kappa shape index (κ2) is 54.4. The molecule has 0 fully saturated rings. The molecule has 0 N–H and O–H groups in total. The number of nitrogens with zero attached hydrogens (tertiary/aromatic N) is 16. The van der Waals surface area contributed by atoms with Crippen molar-refractivity contribution < 1.29 is 80.4 Å². The van der Waals surface area contributed by atoms with E-state index in [1.807, 2.05) is 384 Å². The Labute approximate surface area is 827 Å². The van der Waals surface area contributed by atoms with E-state index < -0.39 is 0 Å². The summed E-state index contributed by atoms with van der Waals surface area (Å²) < 4.78 is 0. The molecule has 0 atom stereocenters. The van der Waals surface area contributed by atoms with Crippen LogP contribution in [-0.2, 0) is 80.4 Å². The number of pyridine rings is 9. The average molecular weight is 2430 g/mol. The van der Waals surface area contributed by atoms with E-state index in [4.69, 9.17) is 0 Å². The van der Waals surface area contributed by atoms with Crippen LogP contribution in [0.25, 0.3) is 135 Å². The SMILES string of the molecule is Cc1ccc(-c2[c-]cccc2)nc1.Cc1ccc(-c2[c-]cccc2)nc1.Cc1ccc(-c2[c-]cccc2)nc1.Cc1ccc(-c2[c-]cccc2)nc1.Cc1ccc(-c2ccc(-c3[c-]cccc3)nc2)cn1.Cc1nc(C)nc(-c2ccc(-c3[c-]cccc3)nc2)n1.Cc1nccc(-c2ccc(-c3[c-]cccc3)nc2)n1.[Ir].[Ir].[Ir].[Ir].[c-]1ccccc1-c1ccc(-c2ccncn2)cn1. The summed E-state index contributed by atoms with van der Waals surface area (Å²) in [5.41, 5.74) is 28.2. The first kappa shape index (κ1) is 102. The standard InChI is InChI=1S/C17H13N2.C16H13N4.C16H12N3.C15H10N3.4C12H10N.4Ir/c1-13-7-8-15(11-18-13)16-9-10-17(19-12-16)14-5-3-2-4-6-14;1-11-18-12(2)20-16(19-11)14-8-9-15(17-10-14)13-6-4-3-5-7-13;1-12-17-10-9-16(19-12)14-7-8-15(18-11-14)13-5-3-2-4-6-13;1-2-4-12(5-3-1)14-7-6-13(10-17-14)15-8-9-16-11-18-15;4*1-10-7-8-12(13-9-10)11-5-3-2-4-6-11;;;;/h2-5,7-12H,1H3;3-6,8-10H,1-2H3;2-5,7-11H,1H3;1-4,6-11H;4*2-5,7-9H,1H3;;;;/q8*-1;;;;. The van der Waals surface area contributed by atoms with Crippen LogP contribution in [0.15, 0.2) is 390 Å². The van der Waals surface area contributed by atoms with Gasteiger partial charge in [0.2, 0.25) is 0 Å². The summed E-state index contributed by atoms with van der Waals surface area (Å²) in [5.74, 6) is 2.85. The minimum Gasteiger partial charge on any atom is -0.304 e. The summed E-state index contributed by atoms with van der Waals surface area (Å²) in [5, 5.41) is 0. The van der Waals surface area contributed by atoms with E-state index in [-0.39, 0.29) is 80.4 Å². The fraction of sp³-hybridized carbons (Fsp3) is 0.0714. The van der Waals surface area contributed by atoms with Crippen molar-refractivity contribution in [1.82, 2.24) is 79.7 Å². The van der Waals surface area contributed by atoms with Crippen LogP contribution in [0.4, 0.5) is 0 Å². The minimum absolute atomic E-state index is 0. The number of hydrogen-bond donors (Lipinski definition) is 0. The molecule has 0 aliphatic carbocycles. The van der Waals surface area contributed by atoms with Crippen molar-refractivity contribution in [3.05, 3.63) is 484 Å². The van der Waals surface area contributed by atoms with Crippen LogP contribution in [0.1, 0.15) is 45.4 Å². The van der Waals surface area contributed by atoms with Crippen molar-refractivity contribution in [1.29, 1.82) is 0 Å². The Hall–Kier alpha value is -14.1. The van der Waals surface area contributed by atoms with Crippen LogP contribution in [0, 0.1) is 104 Å². The molecule has 0 spiro atoms. The number of aryl methyl sites for hydroxylation is 8. The Morgan fingerprint density at radius 1 is 0.182 bits per heavy atom. The maximum Gasteiger partial charge on any atom is 0.164 e. The summed E-state index contributed by atoms with van der Waals surface area (Å²) in [7, 11) is 0. The zero-order valence-electron chi connectivity index (χ0n) is 73.4. The van der Waals surface area contributed by atoms with Crippen molar-refractivity contribution in [3.63, 3.8) is 0 Å². The molecule has 20 aromatic rings. The van der Waals surface area contributed by atoms with Crippen LogP contribution >= 0.6 is 0 Å². The maximum absolute atomic E-state index is 4.49. The molecule has 8 aromatic carbocycles. The van der Waals surface area contributed by atoms with Gasteiger partial charge in [-0.2, -0.15) is 0 Å². The summed E-state index contributed by atoms with van der Waals surface area (Å²) in [6.07, 6.45) is 21.7. The van der Waals surface area contributed by atoms with Gasteiger partial charge in [-0.05, 0) is 147 Å². The summed E-state index contributed by atoms with van der Waals surface area (Å²) in [6, 6.07) is 128. The Morgan fingerprint density at radius 2 is 0.447 bits per heavy atom. The summed E-state index contributed by atoms with van der Waals surface area (Å²) >= 11 is 0. The van der Waals surface area contributed by atoms with E-state index >= 15 is 0 Å². The molecule has 132 heavy (non-hydrogen) atoms. The monoisotopic (exact) mass is 2430 g/mol. The molecular formula is C112H88Ir4N16-8. The molecule has 12 aromatic heterocycles. The third-order valence-corrected chi connectivity index (χ3v) is 18.9. The van der Waals surface area contributed by atoms with Crippen LogP contribution in [0.2, 0.25) is 0 Å². The maximum atomic E-state index is 4.49. The normalized spacial score (nSPS) is 9.88. The largest absolute Gasteiger partial charge is 0.304 e.